The first-order chi connectivity index (χ1) is 13.4. The zero-order chi connectivity index (χ0) is 19.9. The lowest BCUT2D eigenvalue weighted by Gasteiger charge is -2.35. The van der Waals surface area contributed by atoms with Crippen molar-refractivity contribution in [1.29, 1.82) is 0 Å². The first kappa shape index (κ1) is 19.1. The Balaban J connectivity index is 1.59. The number of non-ortho nitro benzene ring substituents is 1. The van der Waals surface area contributed by atoms with Gasteiger partial charge in [-0.3, -0.25) is 15.1 Å². The number of nitrogens with zero attached hydrogens (tertiary/aromatic N) is 4. The Labute approximate surface area is 170 Å². The number of benzene rings is 1. The van der Waals surface area contributed by atoms with E-state index in [-0.39, 0.29) is 9.90 Å². The van der Waals surface area contributed by atoms with E-state index in [1.165, 1.54) is 22.6 Å². The van der Waals surface area contributed by atoms with E-state index in [1.807, 2.05) is 4.90 Å². The number of nitro groups is 1. The van der Waals surface area contributed by atoms with Crippen molar-refractivity contribution < 1.29 is 13.3 Å². The third-order valence-corrected chi connectivity index (χ3v) is 8.29. The highest BCUT2D eigenvalue weighted by Gasteiger charge is 2.30. The van der Waals surface area contributed by atoms with Crippen molar-refractivity contribution >= 4 is 55.1 Å². The van der Waals surface area contributed by atoms with Crippen molar-refractivity contribution in [3.63, 3.8) is 0 Å². The van der Waals surface area contributed by atoms with Crippen molar-refractivity contribution in [3.05, 3.63) is 57.2 Å². The van der Waals surface area contributed by atoms with E-state index in [9.17, 15) is 18.5 Å². The smallest absolute Gasteiger partial charge is 0.278 e. The van der Waals surface area contributed by atoms with Gasteiger partial charge in [0, 0.05) is 55.7 Å². The number of rotatable bonds is 4. The number of aromatic nitrogens is 1. The number of halogens is 1. The summed E-state index contributed by atoms with van der Waals surface area (Å²) in [6.45, 7) is 1.60. The minimum absolute atomic E-state index is 0.00244. The summed E-state index contributed by atoms with van der Waals surface area (Å²) in [5.41, 5.74) is 0.835. The zero-order valence-corrected chi connectivity index (χ0v) is 16.9. The van der Waals surface area contributed by atoms with E-state index in [1.54, 1.807) is 24.4 Å². The van der Waals surface area contributed by atoms with E-state index in [4.69, 9.17) is 11.6 Å². The van der Waals surface area contributed by atoms with Crippen LogP contribution in [0.1, 0.15) is 0 Å². The van der Waals surface area contributed by atoms with E-state index in [0.717, 1.165) is 22.4 Å². The van der Waals surface area contributed by atoms with E-state index >= 15 is 0 Å². The monoisotopic (exact) mass is 438 g/mol. The lowest BCUT2D eigenvalue weighted by molar-refractivity contribution is -0.383. The normalized spacial score (nSPS) is 15.8. The molecule has 3 heterocycles. The van der Waals surface area contributed by atoms with Crippen LogP contribution in [0.3, 0.4) is 0 Å². The van der Waals surface area contributed by atoms with Gasteiger partial charge in [0.1, 0.15) is 4.21 Å². The highest BCUT2D eigenvalue weighted by molar-refractivity contribution is 7.91. The van der Waals surface area contributed by atoms with Gasteiger partial charge < -0.3 is 4.90 Å². The summed E-state index contributed by atoms with van der Waals surface area (Å²) in [7, 11) is -3.57. The van der Waals surface area contributed by atoms with Gasteiger partial charge in [-0.05, 0) is 24.3 Å². The SMILES string of the molecule is O=[N+]([O-])c1ccc(N2CCN(S(=O)(=O)c3ccc(Cl)s3)CC2)c2ccncc12. The third kappa shape index (κ3) is 3.32. The summed E-state index contributed by atoms with van der Waals surface area (Å²) in [6.07, 6.45) is 3.08. The standard InChI is InChI=1S/C17H15ClN4O4S2/c18-16-3-4-17(27-16)28(25,26)21-9-7-20(8-10-21)14-1-2-15(22(23)24)13-11-19-6-5-12(13)14/h1-6,11H,7-10H2. The Morgan fingerprint density at radius 2 is 1.82 bits per heavy atom. The van der Waals surface area contributed by atoms with Crippen LogP contribution in [0.25, 0.3) is 10.8 Å². The second-order valence-electron chi connectivity index (χ2n) is 6.23. The van der Waals surface area contributed by atoms with Crippen molar-refractivity contribution in [2.45, 2.75) is 4.21 Å². The number of anilines is 1. The fourth-order valence-electron chi connectivity index (χ4n) is 3.33. The maximum Gasteiger partial charge on any atom is 0.278 e. The highest BCUT2D eigenvalue weighted by Crippen LogP contribution is 2.34. The topological polar surface area (TPSA) is 96.6 Å². The molecule has 0 bridgehead atoms. The van der Waals surface area contributed by atoms with Gasteiger partial charge in [-0.15, -0.1) is 11.3 Å². The van der Waals surface area contributed by atoms with Gasteiger partial charge >= 0.3 is 0 Å². The summed E-state index contributed by atoms with van der Waals surface area (Å²) in [4.78, 5) is 16.9. The van der Waals surface area contributed by atoms with Gasteiger partial charge in [-0.1, -0.05) is 11.6 Å². The molecule has 4 rings (SSSR count). The minimum Gasteiger partial charge on any atom is -0.368 e. The fourth-order valence-corrected chi connectivity index (χ4v) is 6.39. The van der Waals surface area contributed by atoms with Gasteiger partial charge in [0.2, 0.25) is 0 Å². The lowest BCUT2D eigenvalue weighted by Crippen LogP contribution is -2.48. The van der Waals surface area contributed by atoms with Crippen molar-refractivity contribution in [1.82, 2.24) is 9.29 Å². The average molecular weight is 439 g/mol. The molecule has 0 spiro atoms. The molecule has 0 saturated carbocycles. The van der Waals surface area contributed by atoms with Crippen molar-refractivity contribution in [3.8, 4) is 0 Å². The molecule has 0 aliphatic carbocycles. The first-order valence-electron chi connectivity index (χ1n) is 8.39. The molecule has 0 N–H and O–H groups in total. The molecule has 28 heavy (non-hydrogen) atoms. The Morgan fingerprint density at radius 1 is 1.07 bits per heavy atom. The number of pyridine rings is 1. The van der Waals surface area contributed by atoms with Crippen LogP contribution < -0.4 is 4.90 Å². The third-order valence-electron chi connectivity index (χ3n) is 4.69. The molecule has 0 atom stereocenters. The number of nitro benzene ring substituents is 1. The molecule has 0 radical (unpaired) electrons. The number of hydrogen-bond acceptors (Lipinski definition) is 7. The highest BCUT2D eigenvalue weighted by atomic mass is 35.5. The van der Waals surface area contributed by atoms with Gasteiger partial charge in [0.05, 0.1) is 14.6 Å². The number of thiophene rings is 1. The second-order valence-corrected chi connectivity index (χ2v) is 10.1. The Morgan fingerprint density at radius 3 is 2.46 bits per heavy atom. The molecule has 8 nitrogen and oxygen atoms in total. The van der Waals surface area contributed by atoms with Crippen molar-refractivity contribution in [2.75, 3.05) is 31.1 Å². The van der Waals surface area contributed by atoms with Crippen LogP contribution in [-0.2, 0) is 10.0 Å². The largest absolute Gasteiger partial charge is 0.368 e. The van der Waals surface area contributed by atoms with Crippen molar-refractivity contribution in [2.24, 2.45) is 0 Å². The molecule has 1 fully saturated rings. The average Bonchev–Trinajstić information content (AvgIpc) is 3.14. The van der Waals surface area contributed by atoms with E-state index in [0.29, 0.717) is 35.9 Å². The summed E-state index contributed by atoms with van der Waals surface area (Å²) in [6, 6.07) is 8.02. The van der Waals surface area contributed by atoms with Crippen LogP contribution in [0, 0.1) is 10.1 Å². The van der Waals surface area contributed by atoms with Gasteiger partial charge in [-0.2, -0.15) is 4.31 Å². The Kier molecular flexibility index (Phi) is 4.96. The van der Waals surface area contributed by atoms with Crippen LogP contribution in [0.4, 0.5) is 11.4 Å². The Bertz CT molecular complexity index is 1160. The molecule has 0 amide bonds. The number of piperazine rings is 1. The molecule has 1 aromatic carbocycles. The van der Waals surface area contributed by atoms with Crippen LogP contribution in [0.2, 0.25) is 4.34 Å². The molecule has 1 saturated heterocycles. The number of sulfonamides is 1. The molecule has 146 valence electrons. The van der Waals surface area contributed by atoms with Crippen LogP contribution >= 0.6 is 22.9 Å². The summed E-state index contributed by atoms with van der Waals surface area (Å²) in [5, 5.41) is 12.5. The first-order valence-corrected chi connectivity index (χ1v) is 11.0. The zero-order valence-electron chi connectivity index (χ0n) is 14.5. The van der Waals surface area contributed by atoms with E-state index in [2.05, 4.69) is 4.98 Å². The second kappa shape index (κ2) is 7.28. The fraction of sp³-hybridized carbons (Fsp3) is 0.235. The Hall–Kier alpha value is -2.27. The summed E-state index contributed by atoms with van der Waals surface area (Å²) in [5.74, 6) is 0. The number of hydrogen-bond donors (Lipinski definition) is 0. The molecular weight excluding hydrogens is 424 g/mol. The number of fused-ring (bicyclic) bond motifs is 1. The van der Waals surface area contributed by atoms with E-state index < -0.39 is 14.9 Å². The predicted octanol–water partition coefficient (Wildman–Crippen LogP) is 3.37. The molecule has 0 unspecified atom stereocenters. The minimum atomic E-state index is -3.57. The maximum absolute atomic E-state index is 12.8. The summed E-state index contributed by atoms with van der Waals surface area (Å²) >= 11 is 6.92. The molecular formula is C17H15ClN4O4S2. The van der Waals surface area contributed by atoms with Crippen LogP contribution in [0.15, 0.2) is 46.9 Å². The van der Waals surface area contributed by atoms with Crippen LogP contribution in [0.5, 0.6) is 0 Å². The molecule has 3 aromatic rings. The maximum atomic E-state index is 12.8. The summed E-state index contributed by atoms with van der Waals surface area (Å²) < 4.78 is 27.6. The van der Waals surface area contributed by atoms with Gasteiger partial charge in [-0.25, -0.2) is 8.42 Å². The molecule has 2 aromatic heterocycles. The molecule has 11 heteroatoms. The van der Waals surface area contributed by atoms with Gasteiger partial charge in [0.15, 0.2) is 0 Å². The lowest BCUT2D eigenvalue weighted by atomic mass is 10.1. The van der Waals surface area contributed by atoms with Gasteiger partial charge in [0.25, 0.3) is 15.7 Å². The molecule has 1 aliphatic rings. The quantitative estimate of drug-likeness (QED) is 0.457. The molecule has 1 aliphatic heterocycles. The predicted molar refractivity (Wildman–Crippen MR) is 109 cm³/mol. The van der Waals surface area contributed by atoms with Crippen LogP contribution in [-0.4, -0.2) is 48.8 Å².